The number of halogens is 1. The average molecular weight is 300 g/mol. The molecular formula is C17H14ClNO2. The van der Waals surface area contributed by atoms with Crippen LogP contribution >= 0.6 is 11.6 Å². The highest BCUT2D eigenvalue weighted by Crippen LogP contribution is 2.36. The van der Waals surface area contributed by atoms with Gasteiger partial charge in [-0.1, -0.05) is 54.1 Å². The average Bonchev–Trinajstić information content (AvgIpc) is 2.48. The summed E-state index contributed by atoms with van der Waals surface area (Å²) in [5.41, 5.74) is 1.58. The van der Waals surface area contributed by atoms with Crippen LogP contribution in [0.1, 0.15) is 29.4 Å². The van der Waals surface area contributed by atoms with Crippen molar-refractivity contribution in [2.75, 3.05) is 0 Å². The van der Waals surface area contributed by atoms with Gasteiger partial charge >= 0.3 is 5.97 Å². The molecule has 2 aromatic rings. The molecule has 2 atom stereocenters. The van der Waals surface area contributed by atoms with Crippen LogP contribution < -0.4 is 0 Å². The molecule has 0 saturated heterocycles. The Morgan fingerprint density at radius 1 is 1.14 bits per heavy atom. The van der Waals surface area contributed by atoms with Crippen molar-refractivity contribution in [3.05, 3.63) is 70.7 Å². The van der Waals surface area contributed by atoms with Gasteiger partial charge in [0.25, 0.3) is 0 Å². The second kappa shape index (κ2) is 6.92. The van der Waals surface area contributed by atoms with Crippen LogP contribution in [0.25, 0.3) is 0 Å². The van der Waals surface area contributed by atoms with Crippen LogP contribution in [0.15, 0.2) is 54.6 Å². The van der Waals surface area contributed by atoms with E-state index < -0.39 is 17.8 Å². The lowest BCUT2D eigenvalue weighted by Crippen LogP contribution is -2.14. The zero-order valence-electron chi connectivity index (χ0n) is 11.2. The molecule has 0 fully saturated rings. The summed E-state index contributed by atoms with van der Waals surface area (Å²) < 4.78 is 0. The van der Waals surface area contributed by atoms with E-state index in [1.54, 1.807) is 24.3 Å². The maximum Gasteiger partial charge on any atom is 0.304 e. The number of hydrogen-bond acceptors (Lipinski definition) is 2. The third-order valence-corrected chi connectivity index (χ3v) is 3.61. The van der Waals surface area contributed by atoms with Gasteiger partial charge in [-0.3, -0.25) is 4.79 Å². The maximum absolute atomic E-state index is 11.2. The fourth-order valence-corrected chi connectivity index (χ4v) is 2.61. The summed E-state index contributed by atoms with van der Waals surface area (Å²) in [6.07, 6.45) is -0.102. The van der Waals surface area contributed by atoms with Crippen molar-refractivity contribution in [3.63, 3.8) is 0 Å². The van der Waals surface area contributed by atoms with Gasteiger partial charge in [-0.25, -0.2) is 0 Å². The van der Waals surface area contributed by atoms with Gasteiger partial charge in [0, 0.05) is 10.9 Å². The first-order valence-electron chi connectivity index (χ1n) is 6.53. The molecule has 21 heavy (non-hydrogen) atoms. The Kier molecular flexibility index (Phi) is 4.97. The molecule has 0 heterocycles. The normalized spacial score (nSPS) is 13.1. The van der Waals surface area contributed by atoms with Crippen molar-refractivity contribution < 1.29 is 9.90 Å². The summed E-state index contributed by atoms with van der Waals surface area (Å²) in [7, 11) is 0. The number of carboxylic acids is 1. The zero-order valence-corrected chi connectivity index (χ0v) is 12.0. The summed E-state index contributed by atoms with van der Waals surface area (Å²) in [5.74, 6) is -1.89. The molecule has 2 unspecified atom stereocenters. The fourth-order valence-electron chi connectivity index (χ4n) is 2.41. The molecule has 2 aromatic carbocycles. The molecule has 0 aliphatic carbocycles. The van der Waals surface area contributed by atoms with Crippen LogP contribution in [0.2, 0.25) is 5.02 Å². The Balaban J connectivity index is 2.43. The number of aliphatic carboxylic acids is 1. The highest BCUT2D eigenvalue weighted by atomic mass is 35.5. The molecule has 2 rings (SSSR count). The minimum Gasteiger partial charge on any atom is -0.481 e. The predicted molar refractivity (Wildman–Crippen MR) is 81.2 cm³/mol. The Labute approximate surface area is 128 Å². The number of hydrogen-bond donors (Lipinski definition) is 1. The molecule has 0 aliphatic heterocycles. The molecule has 0 bridgehead atoms. The van der Waals surface area contributed by atoms with Gasteiger partial charge < -0.3 is 5.11 Å². The molecule has 4 heteroatoms. The number of rotatable bonds is 5. The lowest BCUT2D eigenvalue weighted by Gasteiger charge is -2.21. The Bertz CT molecular complexity index is 664. The van der Waals surface area contributed by atoms with E-state index in [2.05, 4.69) is 6.07 Å². The summed E-state index contributed by atoms with van der Waals surface area (Å²) in [5, 5.41) is 19.2. The predicted octanol–water partition coefficient (Wildman–Crippen LogP) is 4.21. The number of nitriles is 1. The quantitative estimate of drug-likeness (QED) is 0.899. The highest BCUT2D eigenvalue weighted by molar-refractivity contribution is 6.30. The summed E-state index contributed by atoms with van der Waals surface area (Å²) in [6.45, 7) is 0. The summed E-state index contributed by atoms with van der Waals surface area (Å²) in [6, 6.07) is 18.5. The van der Waals surface area contributed by atoms with Crippen molar-refractivity contribution in [1.29, 1.82) is 5.26 Å². The number of carboxylic acid groups (broad SMARTS) is 1. The summed E-state index contributed by atoms with van der Waals surface area (Å²) >= 11 is 5.98. The lowest BCUT2D eigenvalue weighted by molar-refractivity contribution is -0.137. The van der Waals surface area contributed by atoms with E-state index in [1.165, 1.54) is 0 Å². The number of benzene rings is 2. The van der Waals surface area contributed by atoms with Gasteiger partial charge in [0.15, 0.2) is 0 Å². The van der Waals surface area contributed by atoms with Crippen molar-refractivity contribution in [1.82, 2.24) is 0 Å². The van der Waals surface area contributed by atoms with Gasteiger partial charge in [-0.15, -0.1) is 0 Å². The smallest absolute Gasteiger partial charge is 0.304 e. The van der Waals surface area contributed by atoms with Gasteiger partial charge in [0.05, 0.1) is 18.4 Å². The second-order valence-electron chi connectivity index (χ2n) is 4.78. The Hall–Kier alpha value is -2.31. The van der Waals surface area contributed by atoms with Crippen molar-refractivity contribution in [2.24, 2.45) is 0 Å². The van der Waals surface area contributed by atoms with Crippen molar-refractivity contribution >= 4 is 17.6 Å². The third-order valence-electron chi connectivity index (χ3n) is 3.37. The molecule has 0 spiro atoms. The van der Waals surface area contributed by atoms with E-state index in [0.717, 1.165) is 11.1 Å². The number of carbonyl (C=O) groups is 1. The van der Waals surface area contributed by atoms with E-state index in [-0.39, 0.29) is 6.42 Å². The van der Waals surface area contributed by atoms with Gasteiger partial charge in [0.1, 0.15) is 0 Å². The second-order valence-corrected chi connectivity index (χ2v) is 5.21. The van der Waals surface area contributed by atoms with Crippen LogP contribution in [0, 0.1) is 11.3 Å². The number of nitrogens with zero attached hydrogens (tertiary/aromatic N) is 1. The monoisotopic (exact) mass is 299 g/mol. The van der Waals surface area contributed by atoms with Crippen LogP contribution in [0.4, 0.5) is 0 Å². The van der Waals surface area contributed by atoms with Gasteiger partial charge in [0.2, 0.25) is 0 Å². The van der Waals surface area contributed by atoms with E-state index in [4.69, 9.17) is 16.7 Å². The van der Waals surface area contributed by atoms with E-state index in [1.807, 2.05) is 30.3 Å². The minimum absolute atomic E-state index is 0.102. The van der Waals surface area contributed by atoms with E-state index in [0.29, 0.717) is 5.02 Å². The summed E-state index contributed by atoms with van der Waals surface area (Å²) in [4.78, 5) is 11.2. The topological polar surface area (TPSA) is 61.1 Å². The standard InChI is InChI=1S/C17H14ClNO2/c18-14-8-4-7-13(9-14)16(11-19)15(10-17(20)21)12-5-2-1-3-6-12/h1-9,15-16H,10H2,(H,20,21). The molecule has 106 valence electrons. The molecule has 3 nitrogen and oxygen atoms in total. The molecule has 0 aliphatic rings. The van der Waals surface area contributed by atoms with Crippen LogP contribution in [0.5, 0.6) is 0 Å². The first-order chi connectivity index (χ1) is 10.1. The maximum atomic E-state index is 11.2. The minimum atomic E-state index is -0.925. The fraction of sp³-hybridized carbons (Fsp3) is 0.176. The van der Waals surface area contributed by atoms with E-state index >= 15 is 0 Å². The largest absolute Gasteiger partial charge is 0.481 e. The van der Waals surface area contributed by atoms with Crippen molar-refractivity contribution in [3.8, 4) is 6.07 Å². The molecule has 0 amide bonds. The molecule has 0 radical (unpaired) electrons. The molecule has 0 saturated carbocycles. The Morgan fingerprint density at radius 3 is 2.38 bits per heavy atom. The molecular weight excluding hydrogens is 286 g/mol. The van der Waals surface area contributed by atoms with Crippen LogP contribution in [-0.4, -0.2) is 11.1 Å². The first-order valence-corrected chi connectivity index (χ1v) is 6.91. The lowest BCUT2D eigenvalue weighted by atomic mass is 9.80. The third kappa shape index (κ3) is 3.84. The highest BCUT2D eigenvalue weighted by Gasteiger charge is 2.27. The SMILES string of the molecule is N#CC(c1cccc(Cl)c1)C(CC(=O)O)c1ccccc1. The molecule has 0 aromatic heterocycles. The van der Waals surface area contributed by atoms with Crippen LogP contribution in [0.3, 0.4) is 0 Å². The van der Waals surface area contributed by atoms with Crippen molar-refractivity contribution in [2.45, 2.75) is 18.3 Å². The zero-order chi connectivity index (χ0) is 15.2. The van der Waals surface area contributed by atoms with Gasteiger partial charge in [-0.2, -0.15) is 5.26 Å². The van der Waals surface area contributed by atoms with Crippen LogP contribution in [-0.2, 0) is 4.79 Å². The molecule has 1 N–H and O–H groups in total. The van der Waals surface area contributed by atoms with E-state index in [9.17, 15) is 10.1 Å². The Morgan fingerprint density at radius 2 is 1.81 bits per heavy atom. The van der Waals surface area contributed by atoms with Gasteiger partial charge in [-0.05, 0) is 23.3 Å². The first kappa shape index (κ1) is 15.1.